The van der Waals surface area contributed by atoms with Gasteiger partial charge in [-0.15, -0.1) is 0 Å². The zero-order chi connectivity index (χ0) is 28.3. The van der Waals surface area contributed by atoms with Crippen LogP contribution in [0, 0.1) is 0 Å². The number of piperidine rings is 1. The van der Waals surface area contributed by atoms with E-state index >= 15 is 0 Å². The zero-order valence-corrected chi connectivity index (χ0v) is 23.7. The standard InChI is InChI=1S/C33H39N7O/c1-38(31-11-3-2-4-12-31)33(41)37-40-21-17-32(18-22-40)39(26-30-10-6-8-20-36-30)25-28-15-13-27(14-16-28)23-34-24-29-9-5-7-19-35-29/h2-16,19-20,32,34H,17-18,21-26H2,1H3,(H,37,41). The van der Waals surface area contributed by atoms with Crippen molar-refractivity contribution in [2.45, 2.75) is 45.1 Å². The third-order valence-corrected chi connectivity index (χ3v) is 7.54. The number of pyridine rings is 2. The molecular formula is C33H39N7O. The first kappa shape index (κ1) is 28.4. The number of amides is 2. The Morgan fingerprint density at radius 2 is 1.41 bits per heavy atom. The van der Waals surface area contributed by atoms with Crippen LogP contribution in [-0.4, -0.2) is 52.1 Å². The summed E-state index contributed by atoms with van der Waals surface area (Å²) in [6, 6.07) is 31.0. The molecule has 0 atom stereocenters. The molecule has 5 rings (SSSR count). The van der Waals surface area contributed by atoms with Crippen molar-refractivity contribution in [3.8, 4) is 0 Å². The highest BCUT2D eigenvalue weighted by molar-refractivity contribution is 5.90. The molecule has 2 aromatic heterocycles. The molecule has 2 N–H and O–H groups in total. The quantitative estimate of drug-likeness (QED) is 0.274. The smallest absolute Gasteiger partial charge is 0.307 e. The van der Waals surface area contributed by atoms with Gasteiger partial charge in [0.1, 0.15) is 0 Å². The minimum Gasteiger partial charge on any atom is -0.307 e. The van der Waals surface area contributed by atoms with Gasteiger partial charge in [0.25, 0.3) is 0 Å². The normalized spacial score (nSPS) is 14.2. The van der Waals surface area contributed by atoms with Crippen LogP contribution in [0.4, 0.5) is 10.5 Å². The Labute approximate surface area is 243 Å². The second kappa shape index (κ2) is 14.5. The first-order valence-electron chi connectivity index (χ1n) is 14.3. The minimum absolute atomic E-state index is 0.116. The Kier molecular flexibility index (Phi) is 10.1. The average molecular weight is 550 g/mol. The number of nitrogens with one attached hydrogen (secondary N) is 2. The third-order valence-electron chi connectivity index (χ3n) is 7.54. The number of aromatic nitrogens is 2. The summed E-state index contributed by atoms with van der Waals surface area (Å²) < 4.78 is 0. The van der Waals surface area contributed by atoms with E-state index in [9.17, 15) is 4.79 Å². The van der Waals surface area contributed by atoms with Crippen LogP contribution < -0.4 is 15.6 Å². The lowest BCUT2D eigenvalue weighted by molar-refractivity contribution is 0.0767. The van der Waals surface area contributed by atoms with Crippen LogP contribution in [0.3, 0.4) is 0 Å². The lowest BCUT2D eigenvalue weighted by atomic mass is 10.0. The molecule has 41 heavy (non-hydrogen) atoms. The van der Waals surface area contributed by atoms with Gasteiger partial charge in [-0.25, -0.2) is 9.80 Å². The second-order valence-corrected chi connectivity index (χ2v) is 10.5. The van der Waals surface area contributed by atoms with Crippen LogP contribution in [0.1, 0.15) is 35.4 Å². The van der Waals surface area contributed by atoms with Gasteiger partial charge >= 0.3 is 6.03 Å². The fourth-order valence-corrected chi connectivity index (χ4v) is 5.17. The Balaban J connectivity index is 1.16. The van der Waals surface area contributed by atoms with Crippen molar-refractivity contribution in [3.63, 3.8) is 0 Å². The average Bonchev–Trinajstić information content (AvgIpc) is 3.03. The molecule has 0 unspecified atom stereocenters. The summed E-state index contributed by atoms with van der Waals surface area (Å²) in [5.74, 6) is 0. The highest BCUT2D eigenvalue weighted by Crippen LogP contribution is 2.21. The number of urea groups is 1. The number of carbonyl (C=O) groups is 1. The summed E-state index contributed by atoms with van der Waals surface area (Å²) >= 11 is 0. The number of carbonyl (C=O) groups excluding carboxylic acids is 1. The number of hydrogen-bond acceptors (Lipinski definition) is 6. The molecule has 1 fully saturated rings. The third kappa shape index (κ3) is 8.44. The summed E-state index contributed by atoms with van der Waals surface area (Å²) in [6.45, 7) is 4.81. The predicted octanol–water partition coefficient (Wildman–Crippen LogP) is 4.99. The molecule has 2 amide bonds. The molecule has 4 aromatic rings. The molecule has 2 aromatic carbocycles. The minimum atomic E-state index is -0.116. The van der Waals surface area contributed by atoms with Crippen LogP contribution >= 0.6 is 0 Å². The SMILES string of the molecule is CN(C(=O)NN1CCC(N(Cc2ccc(CNCc3ccccn3)cc2)Cc2ccccn2)CC1)c1ccccc1. The van der Waals surface area contributed by atoms with Crippen LogP contribution in [-0.2, 0) is 26.2 Å². The van der Waals surface area contributed by atoms with Crippen molar-refractivity contribution in [3.05, 3.63) is 126 Å². The van der Waals surface area contributed by atoms with Gasteiger partial charge in [-0.2, -0.15) is 0 Å². The molecular weight excluding hydrogens is 510 g/mol. The van der Waals surface area contributed by atoms with Gasteiger partial charge in [-0.1, -0.05) is 54.6 Å². The molecule has 8 nitrogen and oxygen atoms in total. The lowest BCUT2D eigenvalue weighted by Gasteiger charge is -2.39. The maximum Gasteiger partial charge on any atom is 0.336 e. The van der Waals surface area contributed by atoms with Gasteiger partial charge in [0.05, 0.1) is 11.4 Å². The molecule has 212 valence electrons. The monoisotopic (exact) mass is 549 g/mol. The summed E-state index contributed by atoms with van der Waals surface area (Å²) in [5.41, 5.74) is 8.62. The Morgan fingerprint density at radius 3 is 2.07 bits per heavy atom. The predicted molar refractivity (Wildman–Crippen MR) is 163 cm³/mol. The van der Waals surface area contributed by atoms with Gasteiger partial charge in [0, 0.05) is 70.4 Å². The van der Waals surface area contributed by atoms with Crippen LogP contribution in [0.5, 0.6) is 0 Å². The van der Waals surface area contributed by atoms with E-state index in [1.165, 1.54) is 11.1 Å². The second-order valence-electron chi connectivity index (χ2n) is 10.5. The van der Waals surface area contributed by atoms with Gasteiger partial charge in [-0.05, 0) is 60.4 Å². The first-order chi connectivity index (χ1) is 20.1. The Bertz CT molecular complexity index is 1330. The van der Waals surface area contributed by atoms with Crippen molar-refractivity contribution in [2.24, 2.45) is 0 Å². The molecule has 8 heteroatoms. The Morgan fingerprint density at radius 1 is 0.780 bits per heavy atom. The highest BCUT2D eigenvalue weighted by Gasteiger charge is 2.26. The molecule has 3 heterocycles. The number of hydrogen-bond donors (Lipinski definition) is 2. The molecule has 1 aliphatic rings. The number of anilines is 1. The summed E-state index contributed by atoms with van der Waals surface area (Å²) in [7, 11) is 1.80. The van der Waals surface area contributed by atoms with E-state index in [-0.39, 0.29) is 6.03 Å². The van der Waals surface area contributed by atoms with E-state index in [4.69, 9.17) is 0 Å². The van der Waals surface area contributed by atoms with Crippen molar-refractivity contribution in [2.75, 3.05) is 25.0 Å². The summed E-state index contributed by atoms with van der Waals surface area (Å²) in [5, 5.41) is 5.52. The molecule has 0 aliphatic carbocycles. The van der Waals surface area contributed by atoms with E-state index in [2.05, 4.69) is 62.0 Å². The van der Waals surface area contributed by atoms with Crippen LogP contribution in [0.25, 0.3) is 0 Å². The zero-order valence-electron chi connectivity index (χ0n) is 23.7. The molecule has 1 saturated heterocycles. The molecule has 0 bridgehead atoms. The van der Waals surface area contributed by atoms with Gasteiger partial charge < -0.3 is 5.32 Å². The lowest BCUT2D eigenvalue weighted by Crippen LogP contribution is -2.53. The topological polar surface area (TPSA) is 76.6 Å². The van der Waals surface area contributed by atoms with E-state index in [0.29, 0.717) is 6.04 Å². The number of hydrazine groups is 1. The van der Waals surface area contributed by atoms with E-state index in [0.717, 1.165) is 69.2 Å². The van der Waals surface area contributed by atoms with Crippen molar-refractivity contribution < 1.29 is 4.79 Å². The number of nitrogens with zero attached hydrogens (tertiary/aromatic N) is 5. The summed E-state index contributed by atoms with van der Waals surface area (Å²) in [4.78, 5) is 26.0. The van der Waals surface area contributed by atoms with E-state index < -0.39 is 0 Å². The van der Waals surface area contributed by atoms with Crippen LogP contribution in [0.15, 0.2) is 103 Å². The molecule has 0 radical (unpaired) electrons. The van der Waals surface area contributed by atoms with Gasteiger partial charge in [0.15, 0.2) is 0 Å². The van der Waals surface area contributed by atoms with E-state index in [1.807, 2.05) is 72.0 Å². The van der Waals surface area contributed by atoms with Gasteiger partial charge in [0.2, 0.25) is 0 Å². The fourth-order valence-electron chi connectivity index (χ4n) is 5.17. The first-order valence-corrected chi connectivity index (χ1v) is 14.3. The van der Waals surface area contributed by atoms with Gasteiger partial charge in [-0.3, -0.25) is 25.2 Å². The number of para-hydroxylation sites is 1. The Hall–Kier alpha value is -4.11. The number of rotatable bonds is 11. The fraction of sp³-hybridized carbons (Fsp3) is 0.303. The maximum atomic E-state index is 12.8. The molecule has 0 spiro atoms. The number of benzene rings is 2. The van der Waals surface area contributed by atoms with E-state index in [1.54, 1.807) is 11.9 Å². The van der Waals surface area contributed by atoms with Crippen molar-refractivity contribution >= 4 is 11.7 Å². The summed E-state index contributed by atoms with van der Waals surface area (Å²) in [6.07, 6.45) is 5.63. The van der Waals surface area contributed by atoms with Crippen molar-refractivity contribution in [1.29, 1.82) is 0 Å². The largest absolute Gasteiger partial charge is 0.336 e. The molecule has 0 saturated carbocycles. The molecule has 1 aliphatic heterocycles. The van der Waals surface area contributed by atoms with Crippen LogP contribution in [0.2, 0.25) is 0 Å². The van der Waals surface area contributed by atoms with Crippen molar-refractivity contribution in [1.82, 2.24) is 30.6 Å². The highest BCUT2D eigenvalue weighted by atomic mass is 16.2. The maximum absolute atomic E-state index is 12.8.